The van der Waals surface area contributed by atoms with Gasteiger partial charge in [-0.25, -0.2) is 4.57 Å². The summed E-state index contributed by atoms with van der Waals surface area (Å²) in [5, 5.41) is 0. The van der Waals surface area contributed by atoms with Gasteiger partial charge < -0.3 is 20.1 Å². The minimum Gasteiger partial charge on any atom is -0.462 e. The Balaban J connectivity index is 3.71. The van der Waals surface area contributed by atoms with Gasteiger partial charge in [-0.2, -0.15) is 0 Å². The van der Waals surface area contributed by atoms with E-state index in [-0.39, 0.29) is 38.6 Å². The van der Waals surface area contributed by atoms with Crippen LogP contribution < -0.4 is 5.73 Å². The number of esters is 2. The van der Waals surface area contributed by atoms with Crippen LogP contribution in [0.25, 0.3) is 0 Å². The molecule has 101 heavy (non-hydrogen) atoms. The summed E-state index contributed by atoms with van der Waals surface area (Å²) in [4.78, 5) is 35.5. The molecule has 0 rings (SSSR count). The summed E-state index contributed by atoms with van der Waals surface area (Å²) in [6, 6.07) is 0. The highest BCUT2D eigenvalue weighted by atomic mass is 31.2. The number of carbonyl (C=O) groups excluding carboxylic acids is 2. The minimum atomic E-state index is -4.40. The molecule has 10 heteroatoms. The van der Waals surface area contributed by atoms with Crippen LogP contribution in [0.1, 0.15) is 450 Å². The van der Waals surface area contributed by atoms with E-state index in [1.54, 1.807) is 0 Å². The van der Waals surface area contributed by atoms with E-state index in [1.165, 1.54) is 347 Å². The van der Waals surface area contributed by atoms with Crippen molar-refractivity contribution in [1.82, 2.24) is 0 Å². The average Bonchev–Trinajstić information content (AvgIpc) is 1.01. The zero-order valence-electron chi connectivity index (χ0n) is 66.9. The molecule has 3 N–H and O–H groups in total. The zero-order chi connectivity index (χ0) is 72.9. The van der Waals surface area contributed by atoms with E-state index >= 15 is 0 Å². The van der Waals surface area contributed by atoms with E-state index in [9.17, 15) is 19.0 Å². The van der Waals surface area contributed by atoms with Crippen molar-refractivity contribution in [3.63, 3.8) is 0 Å². The molecule has 0 fully saturated rings. The highest BCUT2D eigenvalue weighted by Gasteiger charge is 2.26. The normalized spacial score (nSPS) is 13.2. The molecule has 590 valence electrons. The van der Waals surface area contributed by atoms with Crippen LogP contribution >= 0.6 is 7.82 Å². The van der Waals surface area contributed by atoms with Crippen molar-refractivity contribution in [2.75, 3.05) is 26.4 Å². The van der Waals surface area contributed by atoms with Crippen LogP contribution in [0.3, 0.4) is 0 Å². The van der Waals surface area contributed by atoms with Gasteiger partial charge in [0.15, 0.2) is 6.10 Å². The fourth-order valence-corrected chi connectivity index (χ4v) is 14.1. The van der Waals surface area contributed by atoms with Gasteiger partial charge in [-0.1, -0.05) is 433 Å². The number of ether oxygens (including phenoxy) is 2. The van der Waals surface area contributed by atoms with Crippen LogP contribution in [0.5, 0.6) is 0 Å². The van der Waals surface area contributed by atoms with Gasteiger partial charge in [0.25, 0.3) is 0 Å². The zero-order valence-corrected chi connectivity index (χ0v) is 67.8. The third-order valence-corrected chi connectivity index (χ3v) is 20.7. The summed E-state index contributed by atoms with van der Waals surface area (Å²) < 4.78 is 33.3. The number of unbranched alkanes of at least 4 members (excludes halogenated alkanes) is 57. The third kappa shape index (κ3) is 86.0. The lowest BCUT2D eigenvalue weighted by Gasteiger charge is -2.19. The summed E-state index contributed by atoms with van der Waals surface area (Å²) in [7, 11) is -4.40. The van der Waals surface area contributed by atoms with Crippen LogP contribution in [-0.2, 0) is 32.7 Å². The average molecular weight is 1440 g/mol. The maximum absolute atomic E-state index is 12.8. The van der Waals surface area contributed by atoms with Gasteiger partial charge in [0.1, 0.15) is 6.61 Å². The number of allylic oxidation sites excluding steroid dienone is 14. The lowest BCUT2D eigenvalue weighted by atomic mass is 10.0. The maximum Gasteiger partial charge on any atom is 0.472 e. The molecule has 0 aliphatic rings. The van der Waals surface area contributed by atoms with Crippen LogP contribution in [-0.4, -0.2) is 49.3 Å². The first-order valence-corrected chi connectivity index (χ1v) is 45.6. The fraction of sp³-hybridized carbons (Fsp3) is 0.824. The maximum atomic E-state index is 12.8. The van der Waals surface area contributed by atoms with Gasteiger partial charge in [-0.15, -0.1) is 0 Å². The summed E-state index contributed by atoms with van der Waals surface area (Å²) in [6.07, 6.45) is 118. The summed E-state index contributed by atoms with van der Waals surface area (Å²) in [5.74, 6) is -0.802. The van der Waals surface area contributed by atoms with E-state index in [4.69, 9.17) is 24.3 Å². The topological polar surface area (TPSA) is 134 Å². The lowest BCUT2D eigenvalue weighted by molar-refractivity contribution is -0.161. The molecule has 9 nitrogen and oxygen atoms in total. The van der Waals surface area contributed by atoms with Crippen LogP contribution in [0.4, 0.5) is 0 Å². The molecule has 0 heterocycles. The van der Waals surface area contributed by atoms with E-state index in [0.717, 1.165) is 70.6 Å². The van der Waals surface area contributed by atoms with Crippen LogP contribution in [0, 0.1) is 0 Å². The van der Waals surface area contributed by atoms with Gasteiger partial charge in [0.2, 0.25) is 0 Å². The van der Waals surface area contributed by atoms with Crippen molar-refractivity contribution in [2.45, 2.75) is 457 Å². The summed E-state index contributed by atoms with van der Waals surface area (Å²) in [6.45, 7) is 3.70. The molecule has 0 radical (unpaired) electrons. The van der Waals surface area contributed by atoms with Gasteiger partial charge in [-0.05, 0) is 89.9 Å². The van der Waals surface area contributed by atoms with Gasteiger partial charge in [0.05, 0.1) is 13.2 Å². The second-order valence-corrected chi connectivity index (χ2v) is 31.2. The Morgan fingerprint density at radius 3 is 0.812 bits per heavy atom. The van der Waals surface area contributed by atoms with Crippen molar-refractivity contribution in [2.24, 2.45) is 5.73 Å². The summed E-state index contributed by atoms with van der Waals surface area (Å²) in [5.41, 5.74) is 5.43. The Hall–Kier alpha value is -2.81. The molecule has 2 atom stereocenters. The Bertz CT molecular complexity index is 1940. The number of phosphoric ester groups is 1. The second-order valence-electron chi connectivity index (χ2n) is 29.7. The molecule has 0 amide bonds. The molecule has 0 bridgehead atoms. The molecule has 0 aromatic rings. The molecule has 0 saturated carbocycles. The quantitative estimate of drug-likeness (QED) is 0.0264. The van der Waals surface area contributed by atoms with Gasteiger partial charge in [0, 0.05) is 19.4 Å². The first-order valence-electron chi connectivity index (χ1n) is 44.1. The van der Waals surface area contributed by atoms with Crippen LogP contribution in [0.15, 0.2) is 85.1 Å². The van der Waals surface area contributed by atoms with Crippen molar-refractivity contribution >= 4 is 19.8 Å². The molecule has 0 aliphatic heterocycles. The van der Waals surface area contributed by atoms with E-state index < -0.39 is 26.5 Å². The Kier molecular flexibility index (Phi) is 83.7. The number of phosphoric acid groups is 1. The van der Waals surface area contributed by atoms with Crippen molar-refractivity contribution in [1.29, 1.82) is 0 Å². The Morgan fingerprint density at radius 2 is 0.545 bits per heavy atom. The molecular formula is C91H168NO8P. The number of carbonyl (C=O) groups is 2. The molecule has 0 aromatic heterocycles. The molecule has 0 aliphatic carbocycles. The van der Waals surface area contributed by atoms with E-state index in [2.05, 4.69) is 98.9 Å². The molecule has 0 aromatic carbocycles. The third-order valence-electron chi connectivity index (χ3n) is 19.8. The predicted octanol–water partition coefficient (Wildman–Crippen LogP) is 30.0. The SMILES string of the molecule is CC/C=C\C/C=C\C/C=C\C/C=C\CCCCCCCCCCCCCCCCCCCCCCCCCCCCC(=O)OC(COC(=O)CCCCCCCCCCCCCCCCCCCCCCCCCCCC/C=C\C/C=C\C/C=C\CCCCCCC)COP(=O)(O)OCCN. The van der Waals surface area contributed by atoms with Gasteiger partial charge >= 0.3 is 19.8 Å². The molecule has 0 spiro atoms. The molecular weight excluding hydrogens is 1270 g/mol. The Morgan fingerprint density at radius 1 is 0.307 bits per heavy atom. The number of hydrogen-bond acceptors (Lipinski definition) is 8. The standard InChI is InChI=1S/C91H168NO8P/c1-3-5-7-9-11-13-15-17-19-21-23-25-27-29-31-33-35-37-39-41-43-44-46-47-49-51-53-55-57-59-61-63-65-67-69-71-73-75-77-79-81-83-90(93)97-87-89(88-99-101(95,96)98-86-85-92)100-91(94)84-82-80-78-76-74-72-70-68-66-64-62-60-58-56-54-52-50-48-45-42-40-38-36-34-32-30-28-26-24-22-20-18-16-14-12-10-8-6-4-2/h6,8,12,14-15,17-18,20-21,23-24,26-27,29,89H,3-5,7,9-11,13,16,19,22,25,28,30-88,92H2,1-2H3,(H,95,96)/b8-6-,14-12-,17-15-,20-18-,23-21-,26-24-,29-27-. The largest absolute Gasteiger partial charge is 0.472 e. The summed E-state index contributed by atoms with van der Waals surface area (Å²) >= 11 is 0. The Labute approximate surface area is 627 Å². The lowest BCUT2D eigenvalue weighted by Crippen LogP contribution is -2.29. The smallest absolute Gasteiger partial charge is 0.462 e. The first-order chi connectivity index (χ1) is 49.8. The molecule has 0 saturated heterocycles. The second kappa shape index (κ2) is 86.1. The van der Waals surface area contributed by atoms with Gasteiger partial charge in [-0.3, -0.25) is 18.6 Å². The molecule has 2 unspecified atom stereocenters. The van der Waals surface area contributed by atoms with Crippen LogP contribution in [0.2, 0.25) is 0 Å². The van der Waals surface area contributed by atoms with Crippen molar-refractivity contribution < 1.29 is 37.6 Å². The minimum absolute atomic E-state index is 0.0552. The number of nitrogens with two attached hydrogens (primary N) is 1. The van der Waals surface area contributed by atoms with E-state index in [0.29, 0.717) is 6.42 Å². The monoisotopic (exact) mass is 1430 g/mol. The predicted molar refractivity (Wildman–Crippen MR) is 441 cm³/mol. The number of hydrogen-bond donors (Lipinski definition) is 2. The highest BCUT2D eigenvalue weighted by Crippen LogP contribution is 2.43. The van der Waals surface area contributed by atoms with Crippen molar-refractivity contribution in [3.8, 4) is 0 Å². The number of rotatable bonds is 84. The van der Waals surface area contributed by atoms with E-state index in [1.807, 2.05) is 0 Å². The van der Waals surface area contributed by atoms with Crippen molar-refractivity contribution in [3.05, 3.63) is 85.1 Å². The first kappa shape index (κ1) is 98.2. The fourth-order valence-electron chi connectivity index (χ4n) is 13.3. The highest BCUT2D eigenvalue weighted by molar-refractivity contribution is 7.47.